The van der Waals surface area contributed by atoms with Crippen LogP contribution in [0.3, 0.4) is 0 Å². The van der Waals surface area contributed by atoms with Crippen molar-refractivity contribution in [2.75, 3.05) is 0 Å². The Labute approximate surface area is 128 Å². The summed E-state index contributed by atoms with van der Waals surface area (Å²) in [6, 6.07) is 21.1. The van der Waals surface area contributed by atoms with Crippen LogP contribution in [0, 0.1) is 5.92 Å². The zero-order valence-electron chi connectivity index (χ0n) is 13.0. The molecule has 0 radical (unpaired) electrons. The average molecular weight is 276 g/mol. The molecule has 2 rings (SSSR count). The Hall–Kier alpha value is -2.04. The van der Waals surface area contributed by atoms with Crippen molar-refractivity contribution in [2.24, 2.45) is 5.92 Å². The van der Waals surface area contributed by atoms with Gasteiger partial charge in [-0.15, -0.1) is 5.73 Å². The molecule has 0 N–H and O–H groups in total. The molecule has 0 saturated heterocycles. The van der Waals surface area contributed by atoms with Gasteiger partial charge in [-0.05, 0) is 48.0 Å². The second-order valence-corrected chi connectivity index (χ2v) is 5.89. The van der Waals surface area contributed by atoms with Gasteiger partial charge in [0.25, 0.3) is 0 Å². The lowest BCUT2D eigenvalue weighted by atomic mass is 9.97. The second kappa shape index (κ2) is 8.29. The van der Waals surface area contributed by atoms with Crippen LogP contribution in [0.15, 0.2) is 72.0 Å². The third-order valence-corrected chi connectivity index (χ3v) is 3.46. The highest BCUT2D eigenvalue weighted by Crippen LogP contribution is 2.17. The molecule has 21 heavy (non-hydrogen) atoms. The van der Waals surface area contributed by atoms with Crippen molar-refractivity contribution in [1.29, 1.82) is 0 Å². The molecule has 0 aromatic heterocycles. The fraction of sp³-hybridized carbons (Fsp3) is 0.286. The highest BCUT2D eigenvalue weighted by molar-refractivity contribution is 5.48. The Balaban J connectivity index is 2.09. The van der Waals surface area contributed by atoms with Crippen molar-refractivity contribution >= 4 is 6.08 Å². The molecular weight excluding hydrogens is 252 g/mol. The fourth-order valence-corrected chi connectivity index (χ4v) is 2.40. The molecule has 2 aromatic carbocycles. The Kier molecular flexibility index (Phi) is 6.06. The van der Waals surface area contributed by atoms with Gasteiger partial charge in [0.1, 0.15) is 0 Å². The van der Waals surface area contributed by atoms with Crippen LogP contribution in [-0.4, -0.2) is 0 Å². The van der Waals surface area contributed by atoms with Crippen LogP contribution in [0.1, 0.15) is 37.8 Å². The molecule has 0 fully saturated rings. The molecule has 0 nitrogen and oxygen atoms in total. The molecule has 0 spiro atoms. The third kappa shape index (κ3) is 5.85. The standard InChI is InChI=1S/C21H24/c1-18(2)17-21(15-13-19-9-5-3-6-10-19)16-14-20-11-7-4-8-12-20/h3-13,18H,14,16-17H2,1-2H3. The molecule has 0 heteroatoms. The Bertz CT molecular complexity index is 584. The van der Waals surface area contributed by atoms with Gasteiger partial charge in [0.15, 0.2) is 0 Å². The number of aryl methyl sites for hydroxylation is 1. The van der Waals surface area contributed by atoms with E-state index in [0.29, 0.717) is 5.92 Å². The van der Waals surface area contributed by atoms with Gasteiger partial charge in [0, 0.05) is 0 Å². The van der Waals surface area contributed by atoms with Crippen molar-refractivity contribution in [1.82, 2.24) is 0 Å². The predicted octanol–water partition coefficient (Wildman–Crippen LogP) is 5.90. The van der Waals surface area contributed by atoms with Crippen LogP contribution in [-0.2, 0) is 6.42 Å². The molecule has 0 heterocycles. The van der Waals surface area contributed by atoms with Gasteiger partial charge in [-0.25, -0.2) is 0 Å². The first-order valence-electron chi connectivity index (χ1n) is 7.77. The molecule has 0 saturated carbocycles. The van der Waals surface area contributed by atoms with E-state index >= 15 is 0 Å². The summed E-state index contributed by atoms with van der Waals surface area (Å²) in [5.74, 6) is 0.674. The van der Waals surface area contributed by atoms with Crippen molar-refractivity contribution in [3.8, 4) is 0 Å². The average Bonchev–Trinajstić information content (AvgIpc) is 2.51. The first kappa shape index (κ1) is 15.4. The summed E-state index contributed by atoms with van der Waals surface area (Å²) in [4.78, 5) is 0. The molecule has 0 bridgehead atoms. The maximum Gasteiger partial charge on any atom is -0.0128 e. The van der Waals surface area contributed by atoms with Gasteiger partial charge in [0.05, 0.1) is 0 Å². The highest BCUT2D eigenvalue weighted by atomic mass is 14.1. The van der Waals surface area contributed by atoms with Gasteiger partial charge in [-0.2, -0.15) is 0 Å². The third-order valence-electron chi connectivity index (χ3n) is 3.46. The van der Waals surface area contributed by atoms with E-state index in [9.17, 15) is 0 Å². The number of rotatable bonds is 6. The van der Waals surface area contributed by atoms with Crippen LogP contribution in [0.2, 0.25) is 0 Å². The van der Waals surface area contributed by atoms with Gasteiger partial charge < -0.3 is 0 Å². The van der Waals surface area contributed by atoms with Crippen molar-refractivity contribution in [2.45, 2.75) is 33.1 Å². The zero-order valence-corrected chi connectivity index (χ0v) is 13.0. The van der Waals surface area contributed by atoms with Gasteiger partial charge in [-0.3, -0.25) is 0 Å². The molecule has 108 valence electrons. The van der Waals surface area contributed by atoms with Crippen molar-refractivity contribution < 1.29 is 0 Å². The maximum absolute atomic E-state index is 3.53. The van der Waals surface area contributed by atoms with E-state index in [1.807, 2.05) is 6.07 Å². The minimum absolute atomic E-state index is 0.674. The zero-order chi connectivity index (χ0) is 14.9. The maximum atomic E-state index is 3.53. The highest BCUT2D eigenvalue weighted by Gasteiger charge is 2.02. The smallest absolute Gasteiger partial charge is 0.0128 e. The molecular formula is C21H24. The minimum Gasteiger partial charge on any atom is -0.121 e. The number of hydrogen-bond donors (Lipinski definition) is 0. The molecule has 0 aliphatic heterocycles. The van der Waals surface area contributed by atoms with E-state index in [2.05, 4.69) is 80.3 Å². The van der Waals surface area contributed by atoms with Crippen LogP contribution in [0.4, 0.5) is 0 Å². The molecule has 0 aliphatic rings. The largest absolute Gasteiger partial charge is 0.121 e. The normalized spacial score (nSPS) is 10.2. The lowest BCUT2D eigenvalue weighted by Gasteiger charge is -2.08. The summed E-state index contributed by atoms with van der Waals surface area (Å²) >= 11 is 0. The lowest BCUT2D eigenvalue weighted by molar-refractivity contribution is 0.625. The number of allylic oxidation sites excluding steroid dienone is 1. The second-order valence-electron chi connectivity index (χ2n) is 5.89. The Morgan fingerprint density at radius 2 is 1.57 bits per heavy atom. The van der Waals surface area contributed by atoms with Gasteiger partial charge in [-0.1, -0.05) is 74.5 Å². The summed E-state index contributed by atoms with van der Waals surface area (Å²) in [6.07, 6.45) is 5.42. The summed E-state index contributed by atoms with van der Waals surface area (Å²) < 4.78 is 0. The minimum atomic E-state index is 0.674. The molecule has 0 unspecified atom stereocenters. The molecule has 0 amide bonds. The van der Waals surface area contributed by atoms with E-state index in [-0.39, 0.29) is 0 Å². The Morgan fingerprint density at radius 3 is 2.19 bits per heavy atom. The van der Waals surface area contributed by atoms with Crippen molar-refractivity contribution in [3.63, 3.8) is 0 Å². The Morgan fingerprint density at radius 1 is 0.952 bits per heavy atom. The number of benzene rings is 2. The fourth-order valence-electron chi connectivity index (χ4n) is 2.40. The lowest BCUT2D eigenvalue weighted by Crippen LogP contribution is -1.94. The topological polar surface area (TPSA) is 0 Å². The first-order valence-corrected chi connectivity index (χ1v) is 7.77. The molecule has 0 atom stereocenters. The van der Waals surface area contributed by atoms with Crippen molar-refractivity contribution in [3.05, 3.63) is 83.1 Å². The van der Waals surface area contributed by atoms with E-state index < -0.39 is 0 Å². The quantitative estimate of drug-likeness (QED) is 0.576. The van der Waals surface area contributed by atoms with Crippen LogP contribution in [0.25, 0.3) is 6.08 Å². The van der Waals surface area contributed by atoms with Crippen LogP contribution >= 0.6 is 0 Å². The van der Waals surface area contributed by atoms with E-state index in [1.54, 1.807) is 0 Å². The monoisotopic (exact) mass is 276 g/mol. The van der Waals surface area contributed by atoms with E-state index in [4.69, 9.17) is 0 Å². The molecule has 0 aliphatic carbocycles. The summed E-state index contributed by atoms with van der Waals surface area (Å²) in [7, 11) is 0. The summed E-state index contributed by atoms with van der Waals surface area (Å²) in [6.45, 7) is 4.54. The van der Waals surface area contributed by atoms with Crippen LogP contribution in [0.5, 0.6) is 0 Å². The first-order chi connectivity index (χ1) is 10.2. The predicted molar refractivity (Wildman–Crippen MR) is 92.2 cm³/mol. The van der Waals surface area contributed by atoms with Gasteiger partial charge >= 0.3 is 0 Å². The number of hydrogen-bond acceptors (Lipinski definition) is 0. The van der Waals surface area contributed by atoms with E-state index in [1.165, 1.54) is 16.7 Å². The summed E-state index contributed by atoms with van der Waals surface area (Å²) in [5.41, 5.74) is 7.57. The van der Waals surface area contributed by atoms with E-state index in [0.717, 1.165) is 19.3 Å². The van der Waals surface area contributed by atoms with Gasteiger partial charge in [0.2, 0.25) is 0 Å². The van der Waals surface area contributed by atoms with Crippen LogP contribution < -0.4 is 0 Å². The molecule has 2 aromatic rings. The SMILES string of the molecule is CC(C)CC(=C=Cc1ccccc1)CCc1ccccc1. The summed E-state index contributed by atoms with van der Waals surface area (Å²) in [5, 5.41) is 0.